The molecule has 0 heterocycles. The van der Waals surface area contributed by atoms with Crippen LogP contribution in [0.4, 0.5) is 4.79 Å². The molecule has 31 heavy (non-hydrogen) atoms. The van der Waals surface area contributed by atoms with Gasteiger partial charge in [-0.3, -0.25) is 14.5 Å². The number of nitrogens with zero attached hydrogens (tertiary/aromatic N) is 1. The Morgan fingerprint density at radius 1 is 1.16 bits per heavy atom. The molecule has 1 fully saturated rings. The van der Waals surface area contributed by atoms with E-state index in [1.807, 2.05) is 13.8 Å². The molecule has 2 rings (SSSR count). The first-order valence-corrected chi connectivity index (χ1v) is 10.8. The molecule has 1 amide bonds. The van der Waals surface area contributed by atoms with Gasteiger partial charge in [-0.2, -0.15) is 0 Å². The van der Waals surface area contributed by atoms with Crippen molar-refractivity contribution in [1.29, 1.82) is 0 Å². The molecule has 170 valence electrons. The van der Waals surface area contributed by atoms with Crippen LogP contribution in [0.3, 0.4) is 0 Å². The molecule has 0 saturated heterocycles. The van der Waals surface area contributed by atoms with Crippen molar-refractivity contribution in [1.82, 2.24) is 4.90 Å². The molecule has 0 aliphatic heterocycles. The van der Waals surface area contributed by atoms with Crippen LogP contribution in [-0.2, 0) is 29.4 Å². The Bertz CT molecular complexity index is 839. The molecule has 1 aliphatic carbocycles. The first-order valence-electron chi connectivity index (χ1n) is 10.5. The normalized spacial score (nSPS) is 19.6. The summed E-state index contributed by atoms with van der Waals surface area (Å²) >= 11 is 6.39. The molecule has 1 saturated carbocycles. The summed E-state index contributed by atoms with van der Waals surface area (Å²) in [7, 11) is 1.49. The van der Waals surface area contributed by atoms with Crippen molar-refractivity contribution in [3.8, 4) is 0 Å². The first-order chi connectivity index (χ1) is 14.6. The van der Waals surface area contributed by atoms with Crippen molar-refractivity contribution in [3.63, 3.8) is 0 Å². The fourth-order valence-corrected chi connectivity index (χ4v) is 4.32. The van der Waals surface area contributed by atoms with Gasteiger partial charge in [-0.15, -0.1) is 0 Å². The second-order valence-corrected chi connectivity index (χ2v) is 8.68. The average Bonchev–Trinajstić information content (AvgIpc) is 2.72. The Balaban J connectivity index is 2.12. The molecule has 0 N–H and O–H groups in total. The van der Waals surface area contributed by atoms with Crippen molar-refractivity contribution in [2.45, 2.75) is 58.4 Å². The van der Waals surface area contributed by atoms with Crippen molar-refractivity contribution in [3.05, 3.63) is 34.9 Å². The minimum atomic E-state index is -1.23. The highest BCUT2D eigenvalue weighted by Crippen LogP contribution is 2.42. The number of rotatable bonds is 8. The van der Waals surface area contributed by atoms with E-state index in [4.69, 9.17) is 21.1 Å². The number of amides is 1. The Kier molecular flexibility index (Phi) is 8.62. The van der Waals surface area contributed by atoms with Gasteiger partial charge in [0.15, 0.2) is 5.78 Å². The van der Waals surface area contributed by atoms with Gasteiger partial charge in [0, 0.05) is 30.5 Å². The van der Waals surface area contributed by atoms with E-state index >= 15 is 0 Å². The molecule has 0 bridgehead atoms. The van der Waals surface area contributed by atoms with Crippen LogP contribution in [0, 0.1) is 11.8 Å². The number of ketones is 2. The van der Waals surface area contributed by atoms with Gasteiger partial charge in [-0.25, -0.2) is 4.79 Å². The van der Waals surface area contributed by atoms with Gasteiger partial charge in [0.1, 0.15) is 11.3 Å². The molecule has 1 aromatic carbocycles. The number of halogens is 1. The van der Waals surface area contributed by atoms with Crippen LogP contribution >= 0.6 is 11.6 Å². The third kappa shape index (κ3) is 5.64. The standard InChI is InChI=1S/C23H30ClNO6/c1-15(2)17(13-16(3)26)21(28)30-14-31-22(29)25(4)23(12-8-7-11-20(23)27)18-9-5-6-10-19(18)24/h5-6,9-10,15,17H,7-8,11-14H2,1-4H3/t17-,23+/m0/s1. The van der Waals surface area contributed by atoms with Crippen LogP contribution in [0.1, 0.15) is 58.4 Å². The Labute approximate surface area is 188 Å². The van der Waals surface area contributed by atoms with Crippen LogP contribution in [0.2, 0.25) is 5.02 Å². The molecule has 0 spiro atoms. The predicted octanol–water partition coefficient (Wildman–Crippen LogP) is 4.50. The number of Topliss-reactive ketones (excluding diaryl/α,β-unsaturated/α-hetero) is 2. The Morgan fingerprint density at radius 2 is 1.84 bits per heavy atom. The second kappa shape index (κ2) is 10.8. The lowest BCUT2D eigenvalue weighted by Gasteiger charge is -2.43. The van der Waals surface area contributed by atoms with Gasteiger partial charge in [0.25, 0.3) is 0 Å². The summed E-state index contributed by atoms with van der Waals surface area (Å²) in [6.45, 7) is 4.44. The van der Waals surface area contributed by atoms with E-state index in [1.165, 1.54) is 18.9 Å². The molecule has 1 aliphatic rings. The second-order valence-electron chi connectivity index (χ2n) is 8.28. The molecule has 2 atom stereocenters. The van der Waals surface area contributed by atoms with Gasteiger partial charge in [0.2, 0.25) is 6.79 Å². The Morgan fingerprint density at radius 3 is 2.42 bits per heavy atom. The molecule has 0 aromatic heterocycles. The van der Waals surface area contributed by atoms with Crippen molar-refractivity contribution >= 4 is 35.2 Å². The number of ether oxygens (including phenoxy) is 2. The molecule has 8 heteroatoms. The van der Waals surface area contributed by atoms with Gasteiger partial charge < -0.3 is 14.3 Å². The zero-order valence-electron chi connectivity index (χ0n) is 18.5. The van der Waals surface area contributed by atoms with Crippen LogP contribution in [-0.4, -0.2) is 42.4 Å². The fourth-order valence-electron chi connectivity index (χ4n) is 4.03. The highest BCUT2D eigenvalue weighted by atomic mass is 35.5. The van der Waals surface area contributed by atoms with E-state index in [1.54, 1.807) is 24.3 Å². The highest BCUT2D eigenvalue weighted by molar-refractivity contribution is 6.31. The number of benzene rings is 1. The highest BCUT2D eigenvalue weighted by Gasteiger charge is 2.48. The quantitative estimate of drug-likeness (QED) is 0.427. The predicted molar refractivity (Wildman–Crippen MR) is 115 cm³/mol. The fraction of sp³-hybridized carbons (Fsp3) is 0.565. The maximum atomic E-state index is 13.0. The summed E-state index contributed by atoms with van der Waals surface area (Å²) in [5.74, 6) is -1.54. The van der Waals surface area contributed by atoms with Gasteiger partial charge in [0.05, 0.1) is 5.92 Å². The van der Waals surface area contributed by atoms with Crippen molar-refractivity contribution in [2.24, 2.45) is 11.8 Å². The van der Waals surface area contributed by atoms with Gasteiger partial charge in [-0.05, 0) is 38.2 Å². The summed E-state index contributed by atoms with van der Waals surface area (Å²) in [6.07, 6.45) is 1.53. The topological polar surface area (TPSA) is 90.0 Å². The SMILES string of the molecule is CC(=O)C[C@H](C(=O)OCOC(=O)N(C)[C@@]1(c2ccccc2Cl)CCCCC1=O)C(C)C. The lowest BCUT2D eigenvalue weighted by atomic mass is 9.74. The van der Waals surface area contributed by atoms with Crippen LogP contribution in [0.25, 0.3) is 0 Å². The minimum absolute atomic E-state index is 0.0640. The maximum absolute atomic E-state index is 13.0. The summed E-state index contributed by atoms with van der Waals surface area (Å²) in [4.78, 5) is 50.8. The third-order valence-electron chi connectivity index (χ3n) is 5.82. The van der Waals surface area contributed by atoms with E-state index in [0.29, 0.717) is 23.4 Å². The number of carbonyl (C=O) groups excluding carboxylic acids is 4. The Hall–Kier alpha value is -2.41. The molecule has 0 radical (unpaired) electrons. The third-order valence-corrected chi connectivity index (χ3v) is 6.15. The van der Waals surface area contributed by atoms with E-state index in [9.17, 15) is 19.2 Å². The molecule has 7 nitrogen and oxygen atoms in total. The molecular weight excluding hydrogens is 422 g/mol. The summed E-state index contributed by atoms with van der Waals surface area (Å²) in [6, 6.07) is 6.95. The van der Waals surface area contributed by atoms with Gasteiger partial charge in [-0.1, -0.05) is 43.6 Å². The number of likely N-dealkylation sites (N-methyl/N-ethyl adjacent to an activating group) is 1. The van der Waals surface area contributed by atoms with E-state index in [0.717, 1.165) is 12.8 Å². The van der Waals surface area contributed by atoms with Gasteiger partial charge >= 0.3 is 12.1 Å². The minimum Gasteiger partial charge on any atom is -0.428 e. The lowest BCUT2D eigenvalue weighted by molar-refractivity contribution is -0.161. The largest absolute Gasteiger partial charge is 0.428 e. The summed E-state index contributed by atoms with van der Waals surface area (Å²) in [5.41, 5.74) is -0.675. The van der Waals surface area contributed by atoms with E-state index in [2.05, 4.69) is 0 Å². The number of esters is 1. The van der Waals surface area contributed by atoms with Crippen LogP contribution in [0.5, 0.6) is 0 Å². The number of hydrogen-bond acceptors (Lipinski definition) is 6. The smallest absolute Gasteiger partial charge is 0.413 e. The zero-order valence-corrected chi connectivity index (χ0v) is 19.2. The molecular formula is C23H30ClNO6. The van der Waals surface area contributed by atoms with Crippen molar-refractivity contribution < 1.29 is 28.7 Å². The molecule has 1 aromatic rings. The van der Waals surface area contributed by atoms with Crippen LogP contribution < -0.4 is 0 Å². The first kappa shape index (κ1) is 24.9. The number of carbonyl (C=O) groups is 4. The lowest BCUT2D eigenvalue weighted by Crippen LogP contribution is -2.54. The van der Waals surface area contributed by atoms with E-state index in [-0.39, 0.29) is 23.9 Å². The monoisotopic (exact) mass is 451 g/mol. The zero-order chi connectivity index (χ0) is 23.2. The summed E-state index contributed by atoms with van der Waals surface area (Å²) < 4.78 is 10.3. The average molecular weight is 452 g/mol. The maximum Gasteiger partial charge on any atom is 0.413 e. The van der Waals surface area contributed by atoms with Crippen molar-refractivity contribution in [2.75, 3.05) is 13.8 Å². The van der Waals surface area contributed by atoms with E-state index < -0.39 is 30.3 Å². The van der Waals surface area contributed by atoms with Crippen LogP contribution in [0.15, 0.2) is 24.3 Å². The summed E-state index contributed by atoms with van der Waals surface area (Å²) in [5, 5.41) is 0.396. The molecule has 0 unspecified atom stereocenters. The number of hydrogen-bond donors (Lipinski definition) is 0.